The number of rotatable bonds is 5. The van der Waals surface area contributed by atoms with Crippen molar-refractivity contribution in [1.29, 1.82) is 0 Å². The van der Waals surface area contributed by atoms with E-state index in [4.69, 9.17) is 0 Å². The minimum atomic E-state index is -0.177. The van der Waals surface area contributed by atoms with E-state index in [1.54, 1.807) is 0 Å². The molecule has 0 aromatic heterocycles. The Morgan fingerprint density at radius 3 is 2.64 bits per heavy atom. The van der Waals surface area contributed by atoms with Crippen LogP contribution in [0.25, 0.3) is 0 Å². The minimum absolute atomic E-state index is 0. The molecule has 0 aromatic rings. The average molecular weight is 339 g/mol. The molecular formula is C8H14AuO2. The maximum atomic E-state index is 10.6. The van der Waals surface area contributed by atoms with Gasteiger partial charge in [-0.2, -0.15) is 0 Å². The molecule has 0 aromatic carbocycles. The minimum Gasteiger partial charge on any atom is -0.435 e. The second-order valence-corrected chi connectivity index (χ2v) is 2.11. The van der Waals surface area contributed by atoms with Crippen LogP contribution in [0, 0.1) is 0 Å². The van der Waals surface area contributed by atoms with Gasteiger partial charge >= 0.3 is 5.97 Å². The first-order valence-electron chi connectivity index (χ1n) is 3.61. The zero-order valence-electron chi connectivity index (χ0n) is 6.73. The maximum absolute atomic E-state index is 10.6. The van der Waals surface area contributed by atoms with E-state index < -0.39 is 0 Å². The quantitative estimate of drug-likeness (QED) is 0.332. The van der Waals surface area contributed by atoms with E-state index in [0.717, 1.165) is 19.3 Å². The van der Waals surface area contributed by atoms with Gasteiger partial charge in [0.25, 0.3) is 0 Å². The Balaban J connectivity index is 0. The Bertz CT molecular complexity index is 113. The van der Waals surface area contributed by atoms with Crippen LogP contribution in [-0.4, -0.2) is 5.97 Å². The van der Waals surface area contributed by atoms with Crippen molar-refractivity contribution in [3.8, 4) is 0 Å². The molecule has 0 spiro atoms. The molecule has 0 unspecified atom stereocenters. The van der Waals surface area contributed by atoms with Crippen molar-refractivity contribution in [2.75, 3.05) is 0 Å². The van der Waals surface area contributed by atoms with Crippen molar-refractivity contribution in [1.82, 2.24) is 0 Å². The number of hydrogen-bond acceptors (Lipinski definition) is 2. The fourth-order valence-electron chi connectivity index (χ4n) is 0.671. The number of unbranched alkanes of at least 4 members (excludes halogenated alkanes) is 2. The van der Waals surface area contributed by atoms with E-state index in [-0.39, 0.29) is 28.3 Å². The van der Waals surface area contributed by atoms with E-state index >= 15 is 0 Å². The van der Waals surface area contributed by atoms with Gasteiger partial charge < -0.3 is 4.74 Å². The van der Waals surface area contributed by atoms with Crippen molar-refractivity contribution in [2.45, 2.75) is 32.6 Å². The summed E-state index contributed by atoms with van der Waals surface area (Å²) < 4.78 is 4.51. The summed E-state index contributed by atoms with van der Waals surface area (Å²) in [6.45, 7) is 5.38. The molecule has 11 heavy (non-hydrogen) atoms. The molecule has 0 amide bonds. The first kappa shape index (κ1) is 13.5. The zero-order chi connectivity index (χ0) is 7.82. The third-order valence-corrected chi connectivity index (χ3v) is 1.20. The summed E-state index contributed by atoms with van der Waals surface area (Å²) in [5.74, 6) is -0.177. The number of carbonyl (C=O) groups is 1. The van der Waals surface area contributed by atoms with Crippen LogP contribution in [-0.2, 0) is 31.9 Å². The van der Waals surface area contributed by atoms with Gasteiger partial charge in [0.15, 0.2) is 0 Å². The molecule has 0 aliphatic heterocycles. The van der Waals surface area contributed by atoms with E-state index in [2.05, 4.69) is 18.2 Å². The summed E-state index contributed by atoms with van der Waals surface area (Å²) >= 11 is 0. The van der Waals surface area contributed by atoms with Gasteiger partial charge in [-0.3, -0.25) is 4.79 Å². The van der Waals surface area contributed by atoms with Gasteiger partial charge in [0.05, 0.1) is 6.26 Å². The smallest absolute Gasteiger partial charge is 0.310 e. The second-order valence-electron chi connectivity index (χ2n) is 2.11. The van der Waals surface area contributed by atoms with Crippen LogP contribution < -0.4 is 0 Å². The molecule has 0 fully saturated rings. The van der Waals surface area contributed by atoms with Gasteiger partial charge in [0, 0.05) is 28.8 Å². The fourth-order valence-corrected chi connectivity index (χ4v) is 0.671. The summed E-state index contributed by atoms with van der Waals surface area (Å²) in [4.78, 5) is 10.6. The molecule has 69 valence electrons. The molecule has 0 bridgehead atoms. The predicted octanol–water partition coefficient (Wildman–Crippen LogP) is 2.25. The Kier molecular flexibility index (Phi) is 12.2. The van der Waals surface area contributed by atoms with Gasteiger partial charge in [0.1, 0.15) is 0 Å². The van der Waals surface area contributed by atoms with Crippen molar-refractivity contribution < 1.29 is 31.9 Å². The SMILES string of the molecule is C=COC(=O)CCCCC.[Au]. The van der Waals surface area contributed by atoms with Crippen molar-refractivity contribution in [2.24, 2.45) is 0 Å². The second kappa shape index (κ2) is 9.95. The van der Waals surface area contributed by atoms with Crippen molar-refractivity contribution in [3.63, 3.8) is 0 Å². The molecule has 0 saturated carbocycles. The Morgan fingerprint density at radius 2 is 2.18 bits per heavy atom. The number of esters is 1. The van der Waals surface area contributed by atoms with Crippen LogP contribution in [0.2, 0.25) is 0 Å². The Hall–Kier alpha value is -0.0497. The standard InChI is InChI=1S/C8H14O2.Au/c1-3-5-6-7-8(9)10-4-2;/h4H,2-3,5-7H2,1H3;. The topological polar surface area (TPSA) is 26.3 Å². The summed E-state index contributed by atoms with van der Waals surface area (Å²) in [6, 6.07) is 0. The third-order valence-electron chi connectivity index (χ3n) is 1.20. The van der Waals surface area contributed by atoms with Crippen LogP contribution in [0.15, 0.2) is 12.8 Å². The van der Waals surface area contributed by atoms with Crippen LogP contribution >= 0.6 is 0 Å². The fraction of sp³-hybridized carbons (Fsp3) is 0.625. The van der Waals surface area contributed by atoms with Gasteiger partial charge in [0.2, 0.25) is 0 Å². The number of carbonyl (C=O) groups excluding carboxylic acids is 1. The molecule has 0 N–H and O–H groups in total. The number of ether oxygens (including phenoxy) is 1. The molecular weight excluding hydrogens is 325 g/mol. The molecule has 0 heterocycles. The van der Waals surface area contributed by atoms with Crippen LogP contribution in [0.5, 0.6) is 0 Å². The molecule has 2 nitrogen and oxygen atoms in total. The molecule has 0 aliphatic carbocycles. The molecule has 0 aliphatic rings. The van der Waals surface area contributed by atoms with Crippen molar-refractivity contribution >= 4 is 5.97 Å². The van der Waals surface area contributed by atoms with Crippen molar-refractivity contribution in [3.05, 3.63) is 12.8 Å². The number of hydrogen-bond donors (Lipinski definition) is 0. The molecule has 0 saturated heterocycles. The first-order valence-corrected chi connectivity index (χ1v) is 3.61. The summed E-state index contributed by atoms with van der Waals surface area (Å²) in [7, 11) is 0. The largest absolute Gasteiger partial charge is 0.435 e. The van der Waals surface area contributed by atoms with Crippen LogP contribution in [0.4, 0.5) is 0 Å². The van der Waals surface area contributed by atoms with Gasteiger partial charge in [-0.25, -0.2) is 0 Å². The van der Waals surface area contributed by atoms with Gasteiger partial charge in [-0.15, -0.1) is 0 Å². The zero-order valence-corrected chi connectivity index (χ0v) is 8.90. The Labute approximate surface area is 83.5 Å². The summed E-state index contributed by atoms with van der Waals surface area (Å²) in [5.41, 5.74) is 0. The monoisotopic (exact) mass is 339 g/mol. The molecule has 3 heteroatoms. The Morgan fingerprint density at radius 1 is 1.55 bits per heavy atom. The first-order chi connectivity index (χ1) is 4.81. The molecule has 1 radical (unpaired) electrons. The van der Waals surface area contributed by atoms with E-state index in [0.29, 0.717) is 6.42 Å². The van der Waals surface area contributed by atoms with E-state index in [1.807, 2.05) is 0 Å². The van der Waals surface area contributed by atoms with E-state index in [1.165, 1.54) is 6.26 Å². The van der Waals surface area contributed by atoms with Crippen LogP contribution in [0.3, 0.4) is 0 Å². The predicted molar refractivity (Wildman–Crippen MR) is 40.4 cm³/mol. The molecule has 0 atom stereocenters. The third kappa shape index (κ3) is 9.95. The molecule has 0 rings (SSSR count). The van der Waals surface area contributed by atoms with Crippen LogP contribution in [0.1, 0.15) is 32.6 Å². The summed E-state index contributed by atoms with van der Waals surface area (Å²) in [6.07, 6.45) is 4.82. The van der Waals surface area contributed by atoms with Gasteiger partial charge in [-0.05, 0) is 6.42 Å². The summed E-state index contributed by atoms with van der Waals surface area (Å²) in [5, 5.41) is 0. The normalized spacial score (nSPS) is 8.09. The maximum Gasteiger partial charge on any atom is 0.310 e. The van der Waals surface area contributed by atoms with Gasteiger partial charge in [-0.1, -0.05) is 26.3 Å². The average Bonchev–Trinajstić information content (AvgIpc) is 1.89. The van der Waals surface area contributed by atoms with E-state index in [9.17, 15) is 4.79 Å².